The molecule has 0 atom stereocenters. The molecule has 0 aliphatic rings. The van der Waals surface area contributed by atoms with E-state index < -0.39 is 7.05 Å². The van der Waals surface area contributed by atoms with Gasteiger partial charge in [0.2, 0.25) is 0 Å². The van der Waals surface area contributed by atoms with E-state index in [0.29, 0.717) is 6.61 Å². The highest BCUT2D eigenvalue weighted by Gasteiger charge is 1.98. The number of nitrogens with one attached hydrogen (secondary N) is 1. The number of hydrogen-bond acceptors (Lipinski definition) is 3. The Morgan fingerprint density at radius 1 is 1.18 bits per heavy atom. The normalized spacial score (nSPS) is 10.1. The summed E-state index contributed by atoms with van der Waals surface area (Å²) in [6, 6.07) is 0. The average molecular weight is 159 g/mol. The summed E-state index contributed by atoms with van der Waals surface area (Å²) in [5, 5.41) is 20.2. The Morgan fingerprint density at radius 3 is 2.36 bits per heavy atom. The first kappa shape index (κ1) is 10.9. The fourth-order valence-electron chi connectivity index (χ4n) is 0.901. The van der Waals surface area contributed by atoms with Gasteiger partial charge in [0.15, 0.2) is 0 Å². The third-order valence-electron chi connectivity index (χ3n) is 1.52. The minimum Gasteiger partial charge on any atom is -0.437 e. The molecule has 0 bridgehead atoms. The Labute approximate surface area is 68.9 Å². The first-order valence-corrected chi connectivity index (χ1v) is 4.29. The van der Waals surface area contributed by atoms with Crippen LogP contribution in [0.15, 0.2) is 0 Å². The highest BCUT2D eigenvalue weighted by molar-refractivity contribution is 6.45. The van der Waals surface area contributed by atoms with Gasteiger partial charge in [-0.05, 0) is 26.2 Å². The van der Waals surface area contributed by atoms with Gasteiger partial charge >= 0.3 is 7.05 Å². The topological polar surface area (TPSA) is 52.5 Å². The number of aliphatic hydroxyl groups excluding tert-OH is 1. The van der Waals surface area contributed by atoms with Crippen molar-refractivity contribution < 1.29 is 10.1 Å². The van der Waals surface area contributed by atoms with Gasteiger partial charge in [0.05, 0.1) is 0 Å². The Bertz CT molecular complexity index is 80.8. The number of hydrogen-bond donors (Lipinski definition) is 3. The van der Waals surface area contributed by atoms with E-state index in [9.17, 15) is 0 Å². The van der Waals surface area contributed by atoms with Crippen LogP contribution in [0.4, 0.5) is 0 Å². The van der Waals surface area contributed by atoms with Gasteiger partial charge in [-0.15, -0.1) is 0 Å². The minimum atomic E-state index is -0.396. The molecular weight excluding hydrogens is 141 g/mol. The Morgan fingerprint density at radius 2 is 1.82 bits per heavy atom. The summed E-state index contributed by atoms with van der Waals surface area (Å²) in [7, 11) is -0.396. The molecule has 0 aromatic heterocycles. The molecule has 3 nitrogen and oxygen atoms in total. The van der Waals surface area contributed by atoms with Crippen molar-refractivity contribution in [2.24, 2.45) is 0 Å². The van der Waals surface area contributed by atoms with E-state index in [1.54, 1.807) is 6.82 Å². The molecule has 11 heavy (non-hydrogen) atoms. The van der Waals surface area contributed by atoms with Crippen LogP contribution < -0.4 is 5.23 Å². The lowest BCUT2D eigenvalue weighted by Gasteiger charge is -2.02. The molecule has 0 aliphatic heterocycles. The molecule has 4 heteroatoms. The fraction of sp³-hybridized carbons (Fsp3) is 1.00. The second kappa shape index (κ2) is 8.05. The predicted molar refractivity (Wildman–Crippen MR) is 47.4 cm³/mol. The van der Waals surface area contributed by atoms with Crippen LogP contribution in [0, 0.1) is 0 Å². The second-order valence-electron chi connectivity index (χ2n) is 2.77. The maximum absolute atomic E-state index is 8.80. The van der Waals surface area contributed by atoms with E-state index in [1.165, 1.54) is 0 Å². The van der Waals surface area contributed by atoms with Gasteiger partial charge in [0, 0.05) is 6.61 Å². The van der Waals surface area contributed by atoms with Crippen molar-refractivity contribution in [2.75, 3.05) is 13.2 Å². The van der Waals surface area contributed by atoms with Crippen molar-refractivity contribution in [3.63, 3.8) is 0 Å². The van der Waals surface area contributed by atoms with Crippen LogP contribution in [-0.2, 0) is 0 Å². The van der Waals surface area contributed by atoms with Crippen LogP contribution in [-0.4, -0.2) is 30.3 Å². The quantitative estimate of drug-likeness (QED) is 0.368. The van der Waals surface area contributed by atoms with Gasteiger partial charge in [-0.2, -0.15) is 0 Å². The number of aliphatic hydroxyl groups is 1. The largest absolute Gasteiger partial charge is 0.437 e. The molecule has 0 amide bonds. The minimum absolute atomic E-state index is 0.295. The van der Waals surface area contributed by atoms with Crippen molar-refractivity contribution in [1.29, 1.82) is 0 Å². The molecule has 0 fully saturated rings. The number of rotatable bonds is 7. The molecule has 0 radical (unpaired) electrons. The maximum Gasteiger partial charge on any atom is 0.373 e. The van der Waals surface area contributed by atoms with Crippen molar-refractivity contribution in [3.8, 4) is 0 Å². The molecule has 66 valence electrons. The van der Waals surface area contributed by atoms with Gasteiger partial charge in [-0.3, -0.25) is 0 Å². The zero-order valence-electron chi connectivity index (χ0n) is 7.21. The Hall–Kier alpha value is -0.0551. The van der Waals surface area contributed by atoms with E-state index in [1.807, 2.05) is 0 Å². The average Bonchev–Trinajstić information content (AvgIpc) is 1.96. The van der Waals surface area contributed by atoms with E-state index in [4.69, 9.17) is 10.1 Å². The molecule has 0 unspecified atom stereocenters. The first-order chi connectivity index (χ1) is 5.27. The van der Waals surface area contributed by atoms with Crippen molar-refractivity contribution in [1.82, 2.24) is 5.23 Å². The van der Waals surface area contributed by atoms with E-state index in [2.05, 4.69) is 5.23 Å². The van der Waals surface area contributed by atoms with Crippen LogP contribution in [0.25, 0.3) is 0 Å². The van der Waals surface area contributed by atoms with E-state index in [-0.39, 0.29) is 0 Å². The number of unbranched alkanes of at least 4 members (excludes halogenated alkanes) is 3. The summed E-state index contributed by atoms with van der Waals surface area (Å²) < 4.78 is 0. The summed E-state index contributed by atoms with van der Waals surface area (Å²) in [6.45, 7) is 2.88. The first-order valence-electron chi connectivity index (χ1n) is 4.29. The lowest BCUT2D eigenvalue weighted by atomic mass is 9.89. The molecule has 3 N–H and O–H groups in total. The van der Waals surface area contributed by atoms with Crippen molar-refractivity contribution >= 4 is 7.05 Å². The maximum atomic E-state index is 8.80. The third kappa shape index (κ3) is 9.94. The Kier molecular flexibility index (Phi) is 8.01. The molecule has 0 aromatic rings. The molecule has 0 aromatic carbocycles. The highest BCUT2D eigenvalue weighted by Crippen LogP contribution is 1.97. The van der Waals surface area contributed by atoms with Crippen LogP contribution in [0.3, 0.4) is 0 Å². The van der Waals surface area contributed by atoms with Gasteiger partial charge in [-0.25, -0.2) is 0 Å². The van der Waals surface area contributed by atoms with Crippen LogP contribution in [0.2, 0.25) is 6.82 Å². The van der Waals surface area contributed by atoms with E-state index in [0.717, 1.165) is 32.2 Å². The van der Waals surface area contributed by atoms with Crippen LogP contribution in [0.5, 0.6) is 0 Å². The molecular formula is C7H18BNO2. The predicted octanol–water partition coefficient (Wildman–Crippen LogP) is 0.239. The second-order valence-corrected chi connectivity index (χ2v) is 2.77. The van der Waals surface area contributed by atoms with Gasteiger partial charge < -0.3 is 15.4 Å². The van der Waals surface area contributed by atoms with Gasteiger partial charge in [0.1, 0.15) is 0 Å². The smallest absolute Gasteiger partial charge is 0.373 e. The summed E-state index contributed by atoms with van der Waals surface area (Å²) in [4.78, 5) is 0. The van der Waals surface area contributed by atoms with E-state index >= 15 is 0 Å². The summed E-state index contributed by atoms with van der Waals surface area (Å²) >= 11 is 0. The fourth-order valence-corrected chi connectivity index (χ4v) is 0.901. The standard InChI is InChI=1S/C7H18BNO2/c1-8(11)9-6-4-2-3-5-7-10/h9-11H,2-7H2,1H3. The highest BCUT2D eigenvalue weighted by atomic mass is 16.3. The molecule has 0 saturated heterocycles. The van der Waals surface area contributed by atoms with Gasteiger partial charge in [0.25, 0.3) is 0 Å². The molecule has 0 aliphatic carbocycles. The Balaban J connectivity index is 2.80. The van der Waals surface area contributed by atoms with Crippen molar-refractivity contribution in [2.45, 2.75) is 32.5 Å². The molecule has 0 spiro atoms. The summed E-state index contributed by atoms with van der Waals surface area (Å²) in [5.41, 5.74) is 0. The zero-order valence-corrected chi connectivity index (χ0v) is 7.21. The van der Waals surface area contributed by atoms with Crippen LogP contribution >= 0.6 is 0 Å². The van der Waals surface area contributed by atoms with Crippen LogP contribution in [0.1, 0.15) is 25.7 Å². The summed E-state index contributed by atoms with van der Waals surface area (Å²) in [6.07, 6.45) is 4.18. The zero-order chi connectivity index (χ0) is 8.53. The van der Waals surface area contributed by atoms with Gasteiger partial charge in [-0.1, -0.05) is 12.8 Å². The lowest BCUT2D eigenvalue weighted by Crippen LogP contribution is -2.31. The molecule has 0 heterocycles. The third-order valence-corrected chi connectivity index (χ3v) is 1.52. The monoisotopic (exact) mass is 159 g/mol. The van der Waals surface area contributed by atoms with Crippen molar-refractivity contribution in [3.05, 3.63) is 0 Å². The SMILES string of the molecule is CB(O)NCCCCCCO. The molecule has 0 rings (SSSR count). The lowest BCUT2D eigenvalue weighted by molar-refractivity contribution is 0.282. The molecule has 0 saturated carbocycles. The summed E-state index contributed by atoms with van der Waals surface area (Å²) in [5.74, 6) is 0.